The van der Waals surface area contributed by atoms with Crippen LogP contribution in [0.1, 0.15) is 0 Å². The normalized spacial score (nSPS) is 11.6. The van der Waals surface area contributed by atoms with Crippen LogP contribution < -0.4 is 0 Å². The molecule has 0 aliphatic rings. The third-order valence-corrected chi connectivity index (χ3v) is 6.20. The molecule has 53 heavy (non-hydrogen) atoms. The highest BCUT2D eigenvalue weighted by Crippen LogP contribution is 1.88. The molecule has 0 heterocycles. The Hall–Kier alpha value is -1.01. The summed E-state index contributed by atoms with van der Waals surface area (Å²) in [7, 11) is 1.64. The van der Waals surface area contributed by atoms with E-state index in [2.05, 4.69) is 0 Å². The van der Waals surface area contributed by atoms with Crippen molar-refractivity contribution in [1.29, 1.82) is 0 Å². The first kappa shape index (κ1) is 52.0. The summed E-state index contributed by atoms with van der Waals surface area (Å²) in [5.41, 5.74) is 0. The molecule has 0 saturated carbocycles. The van der Waals surface area contributed by atoms with E-state index in [4.69, 9.17) is 80.5 Å². The molecule has 18 nitrogen and oxygen atoms in total. The Bertz CT molecular complexity index is 654. The van der Waals surface area contributed by atoms with Crippen LogP contribution in [0.5, 0.6) is 0 Å². The Morgan fingerprint density at radius 2 is 0.358 bits per heavy atom. The lowest BCUT2D eigenvalue weighted by Gasteiger charge is -2.09. The predicted octanol–water partition coefficient (Wildman–Crippen LogP) is 0.0973. The molecule has 0 atom stereocenters. The number of hydrogen-bond donors (Lipinski definition) is 0. The predicted molar refractivity (Wildman–Crippen MR) is 191 cm³/mol. The van der Waals surface area contributed by atoms with E-state index < -0.39 is 0 Å². The van der Waals surface area contributed by atoms with Gasteiger partial charge in [-0.2, -0.15) is 0 Å². The molecule has 0 aromatic carbocycles. The van der Waals surface area contributed by atoms with Crippen molar-refractivity contribution in [1.82, 2.24) is 0 Å². The van der Waals surface area contributed by atoms with Gasteiger partial charge in [-0.3, -0.25) is 0 Å². The molecule has 0 spiro atoms. The van der Waals surface area contributed by atoms with Gasteiger partial charge in [-0.1, -0.05) is 0 Å². The minimum Gasteiger partial charge on any atom is -0.382 e. The summed E-state index contributed by atoms with van der Waals surface area (Å²) in [5.74, 6) is 0. The Labute approximate surface area is 316 Å². The first-order chi connectivity index (χ1) is 26.4. The summed E-state index contributed by atoms with van der Waals surface area (Å²) in [4.78, 5) is 10.1. The van der Waals surface area contributed by atoms with E-state index in [1.807, 2.05) is 0 Å². The van der Waals surface area contributed by atoms with Crippen molar-refractivity contribution >= 4 is 6.29 Å². The minimum atomic E-state index is 0.0958. The zero-order chi connectivity index (χ0) is 38.1. The van der Waals surface area contributed by atoms with Gasteiger partial charge in [0.05, 0.1) is 211 Å². The molecule has 0 amide bonds. The summed E-state index contributed by atoms with van der Waals surface area (Å²) < 4.78 is 91.4. The molecule has 0 rings (SSSR count). The Kier molecular flexibility index (Phi) is 50.0. The molecule has 0 aromatic heterocycles. The maximum Gasteiger partial charge on any atom is 0.145 e. The van der Waals surface area contributed by atoms with Crippen molar-refractivity contribution in [2.24, 2.45) is 0 Å². The van der Waals surface area contributed by atoms with Gasteiger partial charge in [0.1, 0.15) is 12.9 Å². The topological polar surface area (TPSA) is 174 Å². The van der Waals surface area contributed by atoms with Gasteiger partial charge >= 0.3 is 0 Å². The minimum absolute atomic E-state index is 0.0958. The molecule has 0 N–H and O–H groups in total. The molecule has 0 aromatic rings. The molecule has 18 heteroatoms. The van der Waals surface area contributed by atoms with E-state index in [1.54, 1.807) is 7.11 Å². The van der Waals surface area contributed by atoms with Crippen LogP contribution in [0.15, 0.2) is 0 Å². The van der Waals surface area contributed by atoms with Crippen LogP contribution in [-0.2, 0) is 85.3 Å². The van der Waals surface area contributed by atoms with Crippen LogP contribution in [0.4, 0.5) is 0 Å². The van der Waals surface area contributed by atoms with Crippen molar-refractivity contribution in [2.45, 2.75) is 0 Å². The first-order valence-corrected chi connectivity index (χ1v) is 18.6. The van der Waals surface area contributed by atoms with Crippen LogP contribution in [-0.4, -0.2) is 231 Å². The average Bonchev–Trinajstić information content (AvgIpc) is 3.17. The maximum atomic E-state index is 10.1. The highest BCUT2D eigenvalue weighted by atomic mass is 16.6. The lowest BCUT2D eigenvalue weighted by atomic mass is 10.6. The lowest BCUT2D eigenvalue weighted by molar-refractivity contribution is -0.112. The smallest absolute Gasteiger partial charge is 0.145 e. The maximum absolute atomic E-state index is 10.1. The average molecular weight is 779 g/mol. The van der Waals surface area contributed by atoms with Crippen LogP contribution in [0.3, 0.4) is 0 Å². The highest BCUT2D eigenvalue weighted by Gasteiger charge is 1.98. The zero-order valence-corrected chi connectivity index (χ0v) is 32.3. The number of rotatable bonds is 50. The second kappa shape index (κ2) is 51.0. The van der Waals surface area contributed by atoms with Gasteiger partial charge < -0.3 is 85.3 Å². The van der Waals surface area contributed by atoms with E-state index in [9.17, 15) is 4.79 Å². The summed E-state index contributed by atoms with van der Waals surface area (Å²) in [6, 6.07) is 0. The molecule has 0 aliphatic heterocycles. The van der Waals surface area contributed by atoms with Gasteiger partial charge in [-0.15, -0.1) is 0 Å². The van der Waals surface area contributed by atoms with Crippen molar-refractivity contribution in [2.75, 3.05) is 225 Å². The Morgan fingerprint density at radius 3 is 0.491 bits per heavy atom. The van der Waals surface area contributed by atoms with Gasteiger partial charge in [0.2, 0.25) is 0 Å². The van der Waals surface area contributed by atoms with Crippen molar-refractivity contribution in [3.8, 4) is 0 Å². The van der Waals surface area contributed by atoms with E-state index in [0.29, 0.717) is 218 Å². The van der Waals surface area contributed by atoms with Crippen LogP contribution in [0, 0.1) is 0 Å². The molecule has 0 bridgehead atoms. The van der Waals surface area contributed by atoms with Gasteiger partial charge in [-0.25, -0.2) is 0 Å². The Morgan fingerprint density at radius 1 is 0.226 bits per heavy atom. The van der Waals surface area contributed by atoms with Crippen LogP contribution in [0.25, 0.3) is 0 Å². The fourth-order valence-electron chi connectivity index (χ4n) is 3.57. The van der Waals surface area contributed by atoms with E-state index in [1.165, 1.54) is 0 Å². The van der Waals surface area contributed by atoms with Crippen molar-refractivity contribution < 1.29 is 85.3 Å². The second-order valence-corrected chi connectivity index (χ2v) is 10.4. The fraction of sp³-hybridized carbons (Fsp3) is 0.971. The molecule has 0 aliphatic carbocycles. The van der Waals surface area contributed by atoms with Gasteiger partial charge in [-0.05, 0) is 0 Å². The van der Waals surface area contributed by atoms with Gasteiger partial charge in [0, 0.05) is 7.11 Å². The number of hydrogen-bond acceptors (Lipinski definition) is 18. The summed E-state index contributed by atoms with van der Waals surface area (Å²) in [5, 5.41) is 0. The number of methoxy groups -OCH3 is 1. The van der Waals surface area contributed by atoms with E-state index >= 15 is 0 Å². The molecule has 0 saturated heterocycles. The third-order valence-electron chi connectivity index (χ3n) is 6.20. The quantitative estimate of drug-likeness (QED) is 0.0600. The van der Waals surface area contributed by atoms with Crippen LogP contribution >= 0.6 is 0 Å². The van der Waals surface area contributed by atoms with Crippen molar-refractivity contribution in [3.05, 3.63) is 0 Å². The molecule has 0 radical (unpaired) electrons. The second-order valence-electron chi connectivity index (χ2n) is 10.4. The number of ether oxygens (including phenoxy) is 17. The molecular weight excluding hydrogens is 708 g/mol. The highest BCUT2D eigenvalue weighted by molar-refractivity contribution is 5.50. The molecular formula is C35H70O18. The molecule has 0 unspecified atom stereocenters. The molecule has 318 valence electrons. The number of aldehydes is 1. The van der Waals surface area contributed by atoms with E-state index in [-0.39, 0.29) is 6.61 Å². The zero-order valence-electron chi connectivity index (χ0n) is 32.3. The van der Waals surface area contributed by atoms with Gasteiger partial charge in [0.25, 0.3) is 0 Å². The Balaban J connectivity index is 3.05. The van der Waals surface area contributed by atoms with E-state index in [0.717, 1.165) is 0 Å². The lowest BCUT2D eigenvalue weighted by Crippen LogP contribution is -2.16. The number of carbonyl (C=O) groups excluding carboxylic acids is 1. The number of carbonyl (C=O) groups is 1. The summed E-state index contributed by atoms with van der Waals surface area (Å²) in [6.45, 7) is 16.1. The fourth-order valence-corrected chi connectivity index (χ4v) is 3.57. The largest absolute Gasteiger partial charge is 0.382 e. The summed E-state index contributed by atoms with van der Waals surface area (Å²) in [6.07, 6.45) is 0.710. The molecule has 0 fully saturated rings. The van der Waals surface area contributed by atoms with Gasteiger partial charge in [0.15, 0.2) is 0 Å². The van der Waals surface area contributed by atoms with Crippen LogP contribution in [0.2, 0.25) is 0 Å². The van der Waals surface area contributed by atoms with Crippen molar-refractivity contribution in [3.63, 3.8) is 0 Å². The standard InChI is InChI=1S/C35H70O18/c1-37-4-5-39-8-9-41-12-13-43-16-17-45-20-21-47-24-25-49-28-29-51-32-33-53-35-34-52-31-30-50-27-26-48-23-22-46-19-18-44-15-14-42-11-10-40-7-6-38-3-2-36/h2H,3-35H2,1H3. The monoisotopic (exact) mass is 778 g/mol. The SMILES string of the molecule is COCCOCCOCCOCCOCCOCCOCCOCCOCCOCCOCCOCCOCCOCCOCCOCCOCC=O. The third kappa shape index (κ3) is 51.0. The summed E-state index contributed by atoms with van der Waals surface area (Å²) >= 11 is 0. The first-order valence-electron chi connectivity index (χ1n) is 18.6.